The zero-order valence-electron chi connectivity index (χ0n) is 27.8. The molecule has 12 heteroatoms. The third-order valence-corrected chi connectivity index (χ3v) is 9.40. The van der Waals surface area contributed by atoms with Gasteiger partial charge in [-0.25, -0.2) is 27.5 Å². The van der Waals surface area contributed by atoms with Gasteiger partial charge in [0.25, 0.3) is 13.0 Å². The number of aryl methyl sites for hydroxylation is 1. The van der Waals surface area contributed by atoms with E-state index in [4.69, 9.17) is 15.4 Å². The fourth-order valence-electron chi connectivity index (χ4n) is 6.86. The number of benzene rings is 2. The molecule has 5 rings (SSSR count). The number of hydrogen-bond acceptors (Lipinski definition) is 6. The van der Waals surface area contributed by atoms with Crippen molar-refractivity contribution in [3.05, 3.63) is 97.7 Å². The first-order chi connectivity index (χ1) is 22.8. The monoisotopic (exact) mass is 660 g/mol. The number of rotatable bonds is 11. The lowest BCUT2D eigenvalue weighted by Crippen LogP contribution is -2.31. The summed E-state index contributed by atoms with van der Waals surface area (Å²) in [5.41, 5.74) is 3.11. The van der Waals surface area contributed by atoms with E-state index in [1.807, 2.05) is 33.8 Å². The van der Waals surface area contributed by atoms with E-state index in [0.29, 0.717) is 40.8 Å². The van der Waals surface area contributed by atoms with Crippen molar-refractivity contribution >= 4 is 30.3 Å². The second-order valence-electron chi connectivity index (χ2n) is 13.0. The van der Waals surface area contributed by atoms with E-state index in [1.54, 1.807) is 20.5 Å². The quantitative estimate of drug-likeness (QED) is 0.0769. The molecule has 2 heterocycles. The van der Waals surface area contributed by atoms with Crippen LogP contribution >= 0.6 is 0 Å². The Hall–Kier alpha value is -4.19. The number of nitrogens with one attached hydrogen (secondary N) is 2. The largest absolute Gasteiger partial charge is 0.357 e. The molecule has 1 unspecified atom stereocenters. The number of hydrogen-bond donors (Lipinski definition) is 2. The lowest BCUT2D eigenvalue weighted by atomic mass is 9.77. The molecule has 0 spiro atoms. The number of halogens is 4. The lowest BCUT2D eigenvalue weighted by Gasteiger charge is -2.28. The fraction of sp³-hybridized carbons (Fsp3) is 0.417. The van der Waals surface area contributed by atoms with Gasteiger partial charge in [-0.3, -0.25) is 14.2 Å². The number of aldehydes is 1. The van der Waals surface area contributed by atoms with Gasteiger partial charge in [0.1, 0.15) is 17.5 Å². The number of carbonyl (C=O) groups is 1. The van der Waals surface area contributed by atoms with E-state index >= 15 is 0 Å². The van der Waals surface area contributed by atoms with Crippen molar-refractivity contribution in [3.63, 3.8) is 0 Å². The van der Waals surface area contributed by atoms with Crippen LogP contribution in [0.2, 0.25) is 0 Å². The summed E-state index contributed by atoms with van der Waals surface area (Å²) >= 11 is 0. The standard InChI is InChI=1S/C36H39BF4N5O2/c1-6-22-7-8-29(20(4)30(22)32(42)37-43-5)46-34(27(19(2)3)15-21-13-25(38)17-26(39)14-21)45-33-31(35(46)48)24(18-47)16-28(44-33)23-9-11-36(40,41)12-10-23/h7-8,13-14,16-19,23,27,42-43H,6,9-12,15H2,1-5H3. The third-order valence-electron chi connectivity index (χ3n) is 9.40. The van der Waals surface area contributed by atoms with Crippen molar-refractivity contribution in [2.45, 2.75) is 84.0 Å². The van der Waals surface area contributed by atoms with Crippen LogP contribution in [0.5, 0.6) is 0 Å². The number of alkyl halides is 2. The number of nitrogens with zero attached hydrogens (tertiary/aromatic N) is 3. The smallest absolute Gasteiger partial charge is 0.270 e. The van der Waals surface area contributed by atoms with Crippen LogP contribution in [-0.2, 0) is 12.8 Å². The SMILES string of the molecule is CCc1ccc(-n2c(C(Cc3cc(F)cc(F)c3)C(C)C)nc3nc(C4CCC(F)(F)CC4)cc(C=O)c3c2=O)c(C)c1C(=N)[B]NC. The average molecular weight is 661 g/mol. The summed E-state index contributed by atoms with van der Waals surface area (Å²) in [6.07, 6.45) is 1.06. The van der Waals surface area contributed by atoms with Crippen LogP contribution in [0.25, 0.3) is 16.7 Å². The number of carbonyl (C=O) groups excluding carboxylic acids is 1. The molecular weight excluding hydrogens is 621 g/mol. The van der Waals surface area contributed by atoms with Gasteiger partial charge in [0.2, 0.25) is 5.92 Å². The van der Waals surface area contributed by atoms with E-state index in [2.05, 4.69) is 5.23 Å². The molecular formula is C36H39BF4N5O2. The first kappa shape index (κ1) is 35.1. The predicted molar refractivity (Wildman–Crippen MR) is 180 cm³/mol. The van der Waals surface area contributed by atoms with Gasteiger partial charge >= 0.3 is 0 Å². The van der Waals surface area contributed by atoms with E-state index in [9.17, 15) is 27.2 Å². The molecule has 2 aromatic carbocycles. The average Bonchev–Trinajstić information content (AvgIpc) is 3.02. The minimum atomic E-state index is -2.76. The highest BCUT2D eigenvalue weighted by atomic mass is 19.3. The van der Waals surface area contributed by atoms with E-state index in [0.717, 1.165) is 11.6 Å². The molecule has 251 valence electrons. The highest BCUT2D eigenvalue weighted by molar-refractivity contribution is 6.76. The fourth-order valence-corrected chi connectivity index (χ4v) is 6.86. The van der Waals surface area contributed by atoms with Gasteiger partial charge in [0, 0.05) is 47.6 Å². The predicted octanol–water partition coefficient (Wildman–Crippen LogP) is 7.18. The van der Waals surface area contributed by atoms with Gasteiger partial charge in [-0.05, 0) is 92.1 Å². The van der Waals surface area contributed by atoms with E-state index < -0.39 is 29.0 Å². The van der Waals surface area contributed by atoms with Crippen molar-refractivity contribution in [1.82, 2.24) is 19.8 Å². The van der Waals surface area contributed by atoms with Crippen molar-refractivity contribution in [3.8, 4) is 5.69 Å². The molecule has 48 heavy (non-hydrogen) atoms. The minimum Gasteiger partial charge on any atom is -0.357 e. The number of fused-ring (bicyclic) bond motifs is 1. The molecule has 4 aromatic rings. The third kappa shape index (κ3) is 6.99. The highest BCUT2D eigenvalue weighted by Gasteiger charge is 2.36. The van der Waals surface area contributed by atoms with Gasteiger partial charge in [-0.1, -0.05) is 26.8 Å². The van der Waals surface area contributed by atoms with Crippen molar-refractivity contribution in [2.75, 3.05) is 7.05 Å². The molecule has 0 aliphatic heterocycles. The first-order valence-electron chi connectivity index (χ1n) is 16.3. The molecule has 1 aliphatic rings. The molecule has 1 radical (unpaired) electrons. The maximum Gasteiger partial charge on any atom is 0.270 e. The second kappa shape index (κ2) is 14.1. The summed E-state index contributed by atoms with van der Waals surface area (Å²) in [5, 5.41) is 11.6. The Labute approximate surface area is 278 Å². The number of aromatic nitrogens is 3. The molecule has 2 aromatic heterocycles. The summed E-state index contributed by atoms with van der Waals surface area (Å²) in [6, 6.07) is 8.42. The van der Waals surface area contributed by atoms with E-state index in [-0.39, 0.29) is 72.0 Å². The lowest BCUT2D eigenvalue weighted by molar-refractivity contribution is -0.0384. The second-order valence-corrected chi connectivity index (χ2v) is 13.0. The van der Waals surface area contributed by atoms with Crippen LogP contribution in [0.4, 0.5) is 17.6 Å². The summed E-state index contributed by atoms with van der Waals surface area (Å²) in [4.78, 5) is 36.9. The van der Waals surface area contributed by atoms with Crippen LogP contribution in [0, 0.1) is 29.9 Å². The van der Waals surface area contributed by atoms with Crippen molar-refractivity contribution < 1.29 is 22.4 Å². The molecule has 1 saturated carbocycles. The summed E-state index contributed by atoms with van der Waals surface area (Å²) < 4.78 is 58.1. The molecule has 0 saturated heterocycles. The molecule has 1 atom stereocenters. The van der Waals surface area contributed by atoms with Gasteiger partial charge in [0.05, 0.1) is 11.1 Å². The van der Waals surface area contributed by atoms with Crippen LogP contribution < -0.4 is 10.8 Å². The van der Waals surface area contributed by atoms with Gasteiger partial charge in [-0.2, -0.15) is 0 Å². The topological polar surface area (TPSA) is 101 Å². The minimum absolute atomic E-state index is 0.0126. The van der Waals surface area contributed by atoms with Crippen molar-refractivity contribution in [1.29, 1.82) is 5.41 Å². The molecule has 2 N–H and O–H groups in total. The van der Waals surface area contributed by atoms with Gasteiger partial charge in [-0.15, -0.1) is 0 Å². The molecule has 1 fully saturated rings. The Bertz CT molecular complexity index is 1910. The van der Waals surface area contributed by atoms with Crippen molar-refractivity contribution in [2.24, 2.45) is 5.92 Å². The highest BCUT2D eigenvalue weighted by Crippen LogP contribution is 2.41. The Kier molecular flexibility index (Phi) is 10.3. The number of pyridine rings is 1. The Morgan fingerprint density at radius 3 is 2.38 bits per heavy atom. The maximum absolute atomic E-state index is 14.7. The molecule has 0 bridgehead atoms. The van der Waals surface area contributed by atoms with Crippen LogP contribution in [0.3, 0.4) is 0 Å². The Balaban J connectivity index is 1.82. The van der Waals surface area contributed by atoms with E-state index in [1.165, 1.54) is 22.8 Å². The summed E-state index contributed by atoms with van der Waals surface area (Å²) in [5.74, 6) is -5.03. The summed E-state index contributed by atoms with van der Waals surface area (Å²) in [6.45, 7) is 7.62. The van der Waals surface area contributed by atoms with Gasteiger partial charge in [0.15, 0.2) is 11.9 Å². The Morgan fingerprint density at radius 2 is 1.79 bits per heavy atom. The Morgan fingerprint density at radius 1 is 1.12 bits per heavy atom. The van der Waals surface area contributed by atoms with Crippen LogP contribution in [-0.4, -0.2) is 46.8 Å². The molecule has 0 amide bonds. The first-order valence-corrected chi connectivity index (χ1v) is 16.3. The zero-order valence-corrected chi connectivity index (χ0v) is 27.8. The van der Waals surface area contributed by atoms with Crippen LogP contribution in [0.1, 0.15) is 102 Å². The zero-order chi connectivity index (χ0) is 34.9. The maximum atomic E-state index is 14.7. The van der Waals surface area contributed by atoms with Crippen LogP contribution in [0.15, 0.2) is 41.2 Å². The molecule has 1 aliphatic carbocycles. The molecule has 7 nitrogen and oxygen atoms in total. The normalized spacial score (nSPS) is 15.5. The summed E-state index contributed by atoms with van der Waals surface area (Å²) in [7, 11) is 3.25. The van der Waals surface area contributed by atoms with Gasteiger partial charge < -0.3 is 10.6 Å².